The molecule has 1 aromatic rings. The highest BCUT2D eigenvalue weighted by molar-refractivity contribution is 5.19. The fourth-order valence-corrected chi connectivity index (χ4v) is 1.67. The topological polar surface area (TPSA) is 12.9 Å². The van der Waals surface area contributed by atoms with Crippen LogP contribution in [0.15, 0.2) is 18.2 Å². The van der Waals surface area contributed by atoms with Crippen LogP contribution >= 0.6 is 0 Å². The summed E-state index contributed by atoms with van der Waals surface area (Å²) in [6.45, 7) is 2.04. The number of rotatable bonds is 2. The standard InChI is InChI=1S/C11H14FN/c1-2-9-5-3-6-10(13-9)11(12)7-4-8-11/h3,5-6H,2,4,7-8H2,1H3. The second-order valence-electron chi connectivity index (χ2n) is 3.69. The number of aryl methyl sites for hydroxylation is 1. The van der Waals surface area contributed by atoms with Gasteiger partial charge in [-0.3, -0.25) is 4.98 Å². The van der Waals surface area contributed by atoms with Gasteiger partial charge in [0, 0.05) is 5.69 Å². The number of aromatic nitrogens is 1. The molecular weight excluding hydrogens is 165 g/mol. The largest absolute Gasteiger partial charge is 0.254 e. The van der Waals surface area contributed by atoms with Crippen LogP contribution in [0.4, 0.5) is 4.39 Å². The van der Waals surface area contributed by atoms with Gasteiger partial charge in [0.1, 0.15) is 0 Å². The van der Waals surface area contributed by atoms with Gasteiger partial charge in [-0.25, -0.2) is 4.39 Å². The molecule has 0 N–H and O–H groups in total. The van der Waals surface area contributed by atoms with E-state index in [-0.39, 0.29) is 0 Å². The first-order chi connectivity index (χ1) is 6.24. The van der Waals surface area contributed by atoms with Crippen LogP contribution in [0.5, 0.6) is 0 Å². The lowest BCUT2D eigenvalue weighted by molar-refractivity contribution is 0.0558. The molecule has 0 spiro atoms. The predicted molar refractivity (Wildman–Crippen MR) is 50.3 cm³/mol. The van der Waals surface area contributed by atoms with Crippen molar-refractivity contribution in [3.63, 3.8) is 0 Å². The number of pyridine rings is 1. The average molecular weight is 179 g/mol. The van der Waals surface area contributed by atoms with Gasteiger partial charge in [0.2, 0.25) is 0 Å². The van der Waals surface area contributed by atoms with Gasteiger partial charge in [0.15, 0.2) is 5.67 Å². The second-order valence-corrected chi connectivity index (χ2v) is 3.69. The Morgan fingerprint density at radius 1 is 1.46 bits per heavy atom. The molecule has 2 heteroatoms. The minimum absolute atomic E-state index is 0.637. The van der Waals surface area contributed by atoms with Gasteiger partial charge in [0.05, 0.1) is 5.69 Å². The maximum atomic E-state index is 13.9. The third-order valence-corrected chi connectivity index (χ3v) is 2.77. The maximum absolute atomic E-state index is 13.9. The molecule has 1 saturated carbocycles. The number of hydrogen-bond donors (Lipinski definition) is 0. The molecule has 0 aliphatic heterocycles. The Labute approximate surface area is 78.0 Å². The molecule has 1 heterocycles. The normalized spacial score (nSPS) is 19.5. The first kappa shape index (κ1) is 8.67. The Hall–Kier alpha value is -0.920. The maximum Gasteiger partial charge on any atom is 0.152 e. The SMILES string of the molecule is CCc1cccc(C2(F)CCC2)n1. The molecule has 1 aliphatic rings. The van der Waals surface area contributed by atoms with Crippen LogP contribution in [0.25, 0.3) is 0 Å². The molecule has 2 rings (SSSR count). The zero-order valence-corrected chi connectivity index (χ0v) is 7.89. The smallest absolute Gasteiger partial charge is 0.152 e. The van der Waals surface area contributed by atoms with Crippen molar-refractivity contribution < 1.29 is 4.39 Å². The van der Waals surface area contributed by atoms with Crippen LogP contribution < -0.4 is 0 Å². The van der Waals surface area contributed by atoms with Crippen molar-refractivity contribution in [2.24, 2.45) is 0 Å². The van der Waals surface area contributed by atoms with Crippen molar-refractivity contribution >= 4 is 0 Å². The fraction of sp³-hybridized carbons (Fsp3) is 0.545. The van der Waals surface area contributed by atoms with Gasteiger partial charge in [-0.15, -0.1) is 0 Å². The number of halogens is 1. The van der Waals surface area contributed by atoms with Gasteiger partial charge in [-0.1, -0.05) is 13.0 Å². The Bertz CT molecular complexity index is 305. The Kier molecular flexibility index (Phi) is 2.06. The van der Waals surface area contributed by atoms with Crippen molar-refractivity contribution in [3.05, 3.63) is 29.6 Å². The number of alkyl halides is 1. The van der Waals surface area contributed by atoms with E-state index >= 15 is 0 Å². The van der Waals surface area contributed by atoms with Crippen LogP contribution in [0.2, 0.25) is 0 Å². The molecule has 0 aromatic carbocycles. The lowest BCUT2D eigenvalue weighted by Gasteiger charge is -2.33. The van der Waals surface area contributed by atoms with E-state index in [1.54, 1.807) is 6.07 Å². The predicted octanol–water partition coefficient (Wildman–Crippen LogP) is 2.99. The summed E-state index contributed by atoms with van der Waals surface area (Å²) >= 11 is 0. The van der Waals surface area contributed by atoms with Gasteiger partial charge >= 0.3 is 0 Å². The molecular formula is C11H14FN. The van der Waals surface area contributed by atoms with Gasteiger partial charge in [-0.05, 0) is 37.8 Å². The molecule has 70 valence electrons. The minimum atomic E-state index is -1.11. The van der Waals surface area contributed by atoms with Crippen molar-refractivity contribution in [1.29, 1.82) is 0 Å². The van der Waals surface area contributed by atoms with E-state index in [9.17, 15) is 4.39 Å². The molecule has 0 bridgehead atoms. The van der Waals surface area contributed by atoms with Crippen LogP contribution in [0, 0.1) is 0 Å². The monoisotopic (exact) mass is 179 g/mol. The third kappa shape index (κ3) is 1.45. The zero-order chi connectivity index (χ0) is 9.31. The summed E-state index contributed by atoms with van der Waals surface area (Å²) in [5, 5.41) is 0. The highest BCUT2D eigenvalue weighted by atomic mass is 19.1. The van der Waals surface area contributed by atoms with Crippen LogP contribution in [-0.2, 0) is 12.1 Å². The molecule has 1 aromatic heterocycles. The van der Waals surface area contributed by atoms with Crippen molar-refractivity contribution in [2.45, 2.75) is 38.3 Å². The van der Waals surface area contributed by atoms with Crippen molar-refractivity contribution in [1.82, 2.24) is 4.98 Å². The van der Waals surface area contributed by atoms with Gasteiger partial charge in [-0.2, -0.15) is 0 Å². The van der Waals surface area contributed by atoms with E-state index in [4.69, 9.17) is 0 Å². The molecule has 0 atom stereocenters. The van der Waals surface area contributed by atoms with Gasteiger partial charge < -0.3 is 0 Å². The molecule has 0 unspecified atom stereocenters. The Morgan fingerprint density at radius 3 is 2.77 bits per heavy atom. The van der Waals surface area contributed by atoms with E-state index in [1.807, 2.05) is 19.1 Å². The van der Waals surface area contributed by atoms with Crippen LogP contribution in [0.1, 0.15) is 37.6 Å². The molecule has 13 heavy (non-hydrogen) atoms. The van der Waals surface area contributed by atoms with Crippen LogP contribution in [0.3, 0.4) is 0 Å². The van der Waals surface area contributed by atoms with E-state index in [2.05, 4.69) is 4.98 Å². The Balaban J connectivity index is 2.29. The van der Waals surface area contributed by atoms with E-state index < -0.39 is 5.67 Å². The summed E-state index contributed by atoms with van der Waals surface area (Å²) < 4.78 is 13.9. The Morgan fingerprint density at radius 2 is 2.23 bits per heavy atom. The quantitative estimate of drug-likeness (QED) is 0.680. The molecule has 0 amide bonds. The van der Waals surface area contributed by atoms with Crippen molar-refractivity contribution in [3.8, 4) is 0 Å². The van der Waals surface area contributed by atoms with Crippen LogP contribution in [-0.4, -0.2) is 4.98 Å². The summed E-state index contributed by atoms with van der Waals surface area (Å²) in [5.41, 5.74) is 0.519. The summed E-state index contributed by atoms with van der Waals surface area (Å²) in [6.07, 6.45) is 3.17. The molecule has 1 aliphatic carbocycles. The summed E-state index contributed by atoms with van der Waals surface area (Å²) in [4.78, 5) is 4.31. The van der Waals surface area contributed by atoms with Gasteiger partial charge in [0.25, 0.3) is 0 Å². The summed E-state index contributed by atoms with van der Waals surface area (Å²) in [5.74, 6) is 0. The molecule has 0 saturated heterocycles. The molecule has 1 nitrogen and oxygen atoms in total. The molecule has 0 radical (unpaired) electrons. The highest BCUT2D eigenvalue weighted by Crippen LogP contribution is 2.43. The van der Waals surface area contributed by atoms with Crippen molar-refractivity contribution in [2.75, 3.05) is 0 Å². The summed E-state index contributed by atoms with van der Waals surface area (Å²) in [7, 11) is 0. The first-order valence-corrected chi connectivity index (χ1v) is 4.90. The number of hydrogen-bond acceptors (Lipinski definition) is 1. The zero-order valence-electron chi connectivity index (χ0n) is 7.89. The second kappa shape index (κ2) is 3.09. The first-order valence-electron chi connectivity index (χ1n) is 4.90. The van der Waals surface area contributed by atoms with E-state index in [0.717, 1.165) is 18.5 Å². The van der Waals surface area contributed by atoms with E-state index in [1.165, 1.54) is 0 Å². The third-order valence-electron chi connectivity index (χ3n) is 2.77. The molecule has 1 fully saturated rings. The lowest BCUT2D eigenvalue weighted by Crippen LogP contribution is -2.30. The average Bonchev–Trinajstić information content (AvgIpc) is 2.14. The highest BCUT2D eigenvalue weighted by Gasteiger charge is 2.40. The number of nitrogens with zero attached hydrogens (tertiary/aromatic N) is 1. The van der Waals surface area contributed by atoms with E-state index in [0.29, 0.717) is 18.5 Å². The summed E-state index contributed by atoms with van der Waals surface area (Å²) in [6, 6.07) is 5.66. The fourth-order valence-electron chi connectivity index (χ4n) is 1.67. The lowest BCUT2D eigenvalue weighted by atomic mass is 9.79. The minimum Gasteiger partial charge on any atom is -0.254 e.